The fraction of sp³-hybridized carbons (Fsp3) is 0.235. The molecular formula is C17H11F6N3O2S2. The van der Waals surface area contributed by atoms with Crippen LogP contribution in [0.4, 0.5) is 26.3 Å². The predicted molar refractivity (Wildman–Crippen MR) is 97.3 cm³/mol. The van der Waals surface area contributed by atoms with Crippen molar-refractivity contribution >= 4 is 22.0 Å². The number of nitrogens with zero attached hydrogens (tertiary/aromatic N) is 3. The average Bonchev–Trinajstić information content (AvgIpc) is 3.15. The van der Waals surface area contributed by atoms with Crippen molar-refractivity contribution in [2.24, 2.45) is 0 Å². The maximum atomic E-state index is 13.0. The molecule has 0 aromatic carbocycles. The van der Waals surface area contributed by atoms with E-state index in [0.29, 0.717) is 23.3 Å². The number of rotatable bonds is 4. The first kappa shape index (κ1) is 22.2. The molecule has 3 heterocycles. The third kappa shape index (κ3) is 4.61. The maximum Gasteiger partial charge on any atom is 0.417 e. The minimum Gasteiger partial charge on any atom is -0.255 e. The molecule has 3 aromatic rings. The lowest BCUT2D eigenvalue weighted by Gasteiger charge is -2.13. The van der Waals surface area contributed by atoms with Crippen LogP contribution in [0.1, 0.15) is 28.9 Å². The third-order valence-electron chi connectivity index (χ3n) is 4.06. The number of alkyl halides is 6. The Bertz CT molecular complexity index is 1130. The monoisotopic (exact) mass is 467 g/mol. The van der Waals surface area contributed by atoms with Crippen molar-refractivity contribution in [1.82, 2.24) is 15.0 Å². The lowest BCUT2D eigenvalue weighted by molar-refractivity contribution is -0.138. The normalized spacial score (nSPS) is 13.6. The molecule has 3 rings (SSSR count). The van der Waals surface area contributed by atoms with Gasteiger partial charge in [0.05, 0.1) is 26.9 Å². The molecular weight excluding hydrogens is 456 g/mol. The molecule has 3 aromatic heterocycles. The van der Waals surface area contributed by atoms with Crippen LogP contribution in [0, 0.1) is 0 Å². The quantitative estimate of drug-likeness (QED) is 0.433. The fourth-order valence-corrected chi connectivity index (χ4v) is 3.79. The molecule has 13 heteroatoms. The molecule has 0 saturated heterocycles. The van der Waals surface area contributed by atoms with Crippen LogP contribution in [0.3, 0.4) is 0 Å². The van der Waals surface area contributed by atoms with Gasteiger partial charge in [0.1, 0.15) is 21.4 Å². The molecule has 0 amide bonds. The van der Waals surface area contributed by atoms with Gasteiger partial charge in [-0.15, -0.1) is 11.3 Å². The number of aromatic nitrogens is 3. The summed E-state index contributed by atoms with van der Waals surface area (Å²) >= 11 is 0.914. The van der Waals surface area contributed by atoms with E-state index in [0.717, 1.165) is 23.5 Å². The Kier molecular flexibility index (Phi) is 5.87. The highest BCUT2D eigenvalue weighted by atomic mass is 32.2. The van der Waals surface area contributed by atoms with Gasteiger partial charge >= 0.3 is 12.4 Å². The Morgan fingerprint density at radius 2 is 1.53 bits per heavy atom. The number of hydrogen-bond donors (Lipinski definition) is 1. The summed E-state index contributed by atoms with van der Waals surface area (Å²) in [7, 11) is -3.09. The SMILES string of the molecule is CC(c1cc(C(F)(F)F)cnc1-c1ncc(-c2ccc(C(F)(F)F)cn2)s1)[SH](=O)=O. The van der Waals surface area contributed by atoms with Gasteiger partial charge in [-0.25, -0.2) is 13.4 Å². The molecule has 0 radical (unpaired) electrons. The number of hydrogen-bond acceptors (Lipinski definition) is 6. The number of pyridine rings is 2. The van der Waals surface area contributed by atoms with E-state index in [1.54, 1.807) is 0 Å². The van der Waals surface area contributed by atoms with Crippen LogP contribution in [-0.2, 0) is 23.1 Å². The van der Waals surface area contributed by atoms with Gasteiger partial charge < -0.3 is 0 Å². The van der Waals surface area contributed by atoms with Crippen LogP contribution in [-0.4, -0.2) is 23.4 Å². The van der Waals surface area contributed by atoms with Gasteiger partial charge in [0.25, 0.3) is 0 Å². The first-order chi connectivity index (χ1) is 13.9. The first-order valence-corrected chi connectivity index (χ1v) is 10.1. The molecule has 0 aliphatic heterocycles. The second-order valence-corrected chi connectivity index (χ2v) is 8.46. The molecule has 0 bridgehead atoms. The van der Waals surface area contributed by atoms with E-state index in [-0.39, 0.29) is 22.0 Å². The zero-order chi connectivity index (χ0) is 22.3. The molecule has 0 aliphatic carbocycles. The highest BCUT2D eigenvalue weighted by Crippen LogP contribution is 2.38. The lowest BCUT2D eigenvalue weighted by atomic mass is 10.1. The van der Waals surface area contributed by atoms with Crippen molar-refractivity contribution < 1.29 is 34.8 Å². The maximum absolute atomic E-state index is 13.0. The summed E-state index contributed by atoms with van der Waals surface area (Å²) in [6.45, 7) is 1.22. The minimum atomic E-state index is -4.72. The van der Waals surface area contributed by atoms with E-state index >= 15 is 0 Å². The van der Waals surface area contributed by atoms with Gasteiger partial charge in [0, 0.05) is 18.6 Å². The first-order valence-electron chi connectivity index (χ1n) is 8.08. The van der Waals surface area contributed by atoms with Crippen molar-refractivity contribution in [3.63, 3.8) is 0 Å². The van der Waals surface area contributed by atoms with Crippen LogP contribution < -0.4 is 0 Å². The molecule has 30 heavy (non-hydrogen) atoms. The smallest absolute Gasteiger partial charge is 0.255 e. The van der Waals surface area contributed by atoms with E-state index in [1.807, 2.05) is 0 Å². The second-order valence-electron chi connectivity index (χ2n) is 6.08. The van der Waals surface area contributed by atoms with Crippen LogP contribution in [0.25, 0.3) is 21.3 Å². The molecule has 0 N–H and O–H groups in total. The van der Waals surface area contributed by atoms with Crippen LogP contribution >= 0.6 is 11.3 Å². The van der Waals surface area contributed by atoms with Crippen LogP contribution in [0.15, 0.2) is 36.8 Å². The van der Waals surface area contributed by atoms with Gasteiger partial charge in [0.15, 0.2) is 0 Å². The second kappa shape index (κ2) is 7.95. The van der Waals surface area contributed by atoms with E-state index in [1.165, 1.54) is 13.1 Å². The zero-order valence-electron chi connectivity index (χ0n) is 14.8. The molecule has 0 aliphatic rings. The Morgan fingerprint density at radius 1 is 0.900 bits per heavy atom. The van der Waals surface area contributed by atoms with E-state index in [2.05, 4.69) is 15.0 Å². The zero-order valence-corrected chi connectivity index (χ0v) is 16.5. The van der Waals surface area contributed by atoms with Gasteiger partial charge in [-0.1, -0.05) is 0 Å². The topological polar surface area (TPSA) is 72.8 Å². The Labute approximate surface area is 171 Å². The molecule has 1 atom stereocenters. The highest BCUT2D eigenvalue weighted by molar-refractivity contribution is 7.72. The Morgan fingerprint density at radius 3 is 2.07 bits per heavy atom. The van der Waals surface area contributed by atoms with Crippen LogP contribution in [0.5, 0.6) is 0 Å². The van der Waals surface area contributed by atoms with E-state index in [4.69, 9.17) is 0 Å². The number of thiol groups is 1. The molecule has 0 fully saturated rings. The number of halogens is 6. The largest absolute Gasteiger partial charge is 0.417 e. The molecule has 160 valence electrons. The van der Waals surface area contributed by atoms with Crippen molar-refractivity contribution in [3.05, 3.63) is 53.5 Å². The summed E-state index contributed by atoms with van der Waals surface area (Å²) in [5.74, 6) is 0. The summed E-state index contributed by atoms with van der Waals surface area (Å²) in [6.07, 6.45) is -6.76. The third-order valence-corrected chi connectivity index (χ3v) is 6.00. The predicted octanol–water partition coefficient (Wildman–Crippen LogP) is 4.98. The summed E-state index contributed by atoms with van der Waals surface area (Å²) in [6, 6.07) is 2.68. The summed E-state index contributed by atoms with van der Waals surface area (Å²) in [4.78, 5) is 11.9. The van der Waals surface area contributed by atoms with Crippen molar-refractivity contribution in [3.8, 4) is 21.3 Å². The van der Waals surface area contributed by atoms with Crippen molar-refractivity contribution in [2.75, 3.05) is 0 Å². The Balaban J connectivity index is 2.04. The van der Waals surface area contributed by atoms with Gasteiger partial charge in [0.2, 0.25) is 0 Å². The van der Waals surface area contributed by atoms with Crippen LogP contribution in [0.2, 0.25) is 0 Å². The van der Waals surface area contributed by atoms with E-state index in [9.17, 15) is 34.8 Å². The Hall–Kier alpha value is -2.54. The summed E-state index contributed by atoms with van der Waals surface area (Å²) in [5, 5.41) is -1.15. The molecule has 0 saturated carbocycles. The summed E-state index contributed by atoms with van der Waals surface area (Å²) < 4.78 is 99.8. The lowest BCUT2D eigenvalue weighted by Crippen LogP contribution is -2.09. The molecule has 5 nitrogen and oxygen atoms in total. The number of thiazole rings is 1. The average molecular weight is 467 g/mol. The molecule has 1 unspecified atom stereocenters. The minimum absolute atomic E-state index is 0.0575. The fourth-order valence-electron chi connectivity index (χ4n) is 2.46. The summed E-state index contributed by atoms with van der Waals surface area (Å²) in [5.41, 5.74) is -2.11. The van der Waals surface area contributed by atoms with E-state index < -0.39 is 39.4 Å². The van der Waals surface area contributed by atoms with Crippen molar-refractivity contribution in [1.29, 1.82) is 0 Å². The molecule has 0 spiro atoms. The van der Waals surface area contributed by atoms with Crippen molar-refractivity contribution in [2.45, 2.75) is 24.5 Å². The highest BCUT2D eigenvalue weighted by Gasteiger charge is 2.33. The standard InChI is InChI=1S/C17H11F6N3O2S2/c1-8(30(27)28)11-4-10(17(21,22)23)6-25-14(11)15-26-7-13(29-15)12-3-2-9(5-24-12)16(18,19)20/h2-8,30H,1H3. The van der Waals surface area contributed by atoms with Gasteiger partial charge in [-0.3, -0.25) is 9.97 Å². The van der Waals surface area contributed by atoms with Gasteiger partial charge in [-0.2, -0.15) is 26.3 Å². The van der Waals surface area contributed by atoms with Gasteiger partial charge in [-0.05, 0) is 30.7 Å².